The van der Waals surface area contributed by atoms with Gasteiger partial charge >= 0.3 is 12.4 Å². The molecule has 1 nitrogen and oxygen atoms in total. The van der Waals surface area contributed by atoms with Crippen LogP contribution in [0.2, 0.25) is 0 Å². The average Bonchev–Trinajstić information content (AvgIpc) is 2.26. The van der Waals surface area contributed by atoms with E-state index < -0.39 is 24.7 Å². The van der Waals surface area contributed by atoms with E-state index in [0.717, 1.165) is 0 Å². The Morgan fingerprint density at radius 3 is 1.89 bits per heavy atom. The van der Waals surface area contributed by atoms with Gasteiger partial charge in [-0.1, -0.05) is 0 Å². The number of unbranched alkanes of at least 4 members (excludes halogenated alkanes) is 1. The lowest BCUT2D eigenvalue weighted by atomic mass is 9.85. The van der Waals surface area contributed by atoms with Crippen molar-refractivity contribution < 1.29 is 26.3 Å². The molecule has 7 heteroatoms. The smallest absolute Gasteiger partial charge is 0.314 e. The predicted octanol–water partition coefficient (Wildman–Crippen LogP) is 4.43. The second-order valence-corrected chi connectivity index (χ2v) is 5.12. The zero-order chi connectivity index (χ0) is 14.5. The Morgan fingerprint density at radius 2 is 1.42 bits per heavy atom. The first-order valence-corrected chi connectivity index (χ1v) is 6.55. The van der Waals surface area contributed by atoms with Crippen molar-refractivity contribution >= 4 is 0 Å². The first-order chi connectivity index (χ1) is 8.68. The molecule has 0 amide bonds. The van der Waals surface area contributed by atoms with Gasteiger partial charge in [0.15, 0.2) is 0 Å². The quantitative estimate of drug-likeness (QED) is 0.583. The van der Waals surface area contributed by atoms with Crippen molar-refractivity contribution in [1.29, 1.82) is 0 Å². The number of halogens is 6. The van der Waals surface area contributed by atoms with Crippen LogP contribution in [0.5, 0.6) is 0 Å². The summed E-state index contributed by atoms with van der Waals surface area (Å²) in [6.45, 7) is 0.442. The van der Waals surface area contributed by atoms with E-state index in [4.69, 9.17) is 0 Å². The summed E-state index contributed by atoms with van der Waals surface area (Å²) in [5.74, 6) is -1.21. The molecule has 0 aromatic carbocycles. The first kappa shape index (κ1) is 16.6. The number of rotatable bonds is 5. The third-order valence-electron chi connectivity index (χ3n) is 3.51. The van der Waals surface area contributed by atoms with Crippen LogP contribution in [0.4, 0.5) is 26.3 Å². The van der Waals surface area contributed by atoms with Gasteiger partial charge in [-0.15, -0.1) is 0 Å². The Morgan fingerprint density at radius 1 is 0.842 bits per heavy atom. The maximum absolute atomic E-state index is 12.4. The Labute approximate surface area is 108 Å². The molecule has 0 aliphatic heterocycles. The van der Waals surface area contributed by atoms with Gasteiger partial charge in [-0.25, -0.2) is 0 Å². The highest BCUT2D eigenvalue weighted by atomic mass is 19.4. The van der Waals surface area contributed by atoms with Crippen molar-refractivity contribution in [2.24, 2.45) is 5.92 Å². The Balaban J connectivity index is 2.07. The van der Waals surface area contributed by atoms with E-state index in [-0.39, 0.29) is 25.3 Å². The minimum absolute atomic E-state index is 0.0180. The molecular weight excluding hydrogens is 272 g/mol. The molecule has 0 saturated heterocycles. The lowest BCUT2D eigenvalue weighted by Crippen LogP contribution is -2.37. The fourth-order valence-electron chi connectivity index (χ4n) is 2.38. The van der Waals surface area contributed by atoms with Crippen molar-refractivity contribution in [3.8, 4) is 0 Å². The van der Waals surface area contributed by atoms with Gasteiger partial charge in [-0.3, -0.25) is 0 Å². The summed E-state index contributed by atoms with van der Waals surface area (Å²) in [7, 11) is 0. The van der Waals surface area contributed by atoms with Crippen LogP contribution in [0.15, 0.2) is 0 Å². The summed E-state index contributed by atoms with van der Waals surface area (Å²) in [5, 5.41) is 3.05. The molecule has 1 aliphatic rings. The minimum Gasteiger partial charge on any atom is -0.314 e. The summed E-state index contributed by atoms with van der Waals surface area (Å²) in [6.07, 6.45) is -7.44. The lowest BCUT2D eigenvalue weighted by molar-refractivity contribution is -0.182. The van der Waals surface area contributed by atoms with Gasteiger partial charge in [0.25, 0.3) is 0 Å². The number of alkyl halides is 6. The molecule has 0 bridgehead atoms. The monoisotopic (exact) mass is 291 g/mol. The molecule has 1 saturated carbocycles. The van der Waals surface area contributed by atoms with Crippen molar-refractivity contribution in [1.82, 2.24) is 5.32 Å². The van der Waals surface area contributed by atoms with E-state index in [0.29, 0.717) is 25.8 Å². The zero-order valence-corrected chi connectivity index (χ0v) is 10.6. The van der Waals surface area contributed by atoms with Gasteiger partial charge in [0.1, 0.15) is 0 Å². The standard InChI is InChI=1S/C12H19F6N/c13-11(14,15)7-1-2-8-19-10-5-3-9(4-6-10)12(16,17)18/h9-10,19H,1-8H2. The summed E-state index contributed by atoms with van der Waals surface area (Å²) >= 11 is 0. The van der Waals surface area contributed by atoms with E-state index in [2.05, 4.69) is 5.32 Å². The van der Waals surface area contributed by atoms with Crippen molar-refractivity contribution in [2.75, 3.05) is 6.54 Å². The molecule has 0 spiro atoms. The largest absolute Gasteiger partial charge is 0.391 e. The van der Waals surface area contributed by atoms with E-state index >= 15 is 0 Å². The molecule has 0 heterocycles. The fraction of sp³-hybridized carbons (Fsp3) is 1.00. The summed E-state index contributed by atoms with van der Waals surface area (Å²) in [5.41, 5.74) is 0. The summed E-state index contributed by atoms with van der Waals surface area (Å²) in [4.78, 5) is 0. The minimum atomic E-state index is -4.12. The van der Waals surface area contributed by atoms with Crippen LogP contribution >= 0.6 is 0 Å². The van der Waals surface area contributed by atoms with Crippen molar-refractivity contribution in [2.45, 2.75) is 63.3 Å². The molecule has 1 rings (SSSR count). The first-order valence-electron chi connectivity index (χ1n) is 6.55. The molecule has 0 aromatic rings. The van der Waals surface area contributed by atoms with E-state index in [9.17, 15) is 26.3 Å². The SMILES string of the molecule is FC(F)(F)CCCCNC1CCC(C(F)(F)F)CC1. The number of hydrogen-bond donors (Lipinski definition) is 1. The molecule has 0 aromatic heterocycles. The van der Waals surface area contributed by atoms with Gasteiger partial charge < -0.3 is 5.32 Å². The number of nitrogens with one attached hydrogen (secondary N) is 1. The van der Waals surface area contributed by atoms with Gasteiger partial charge in [-0.2, -0.15) is 26.3 Å². The predicted molar refractivity (Wildman–Crippen MR) is 59.7 cm³/mol. The van der Waals surface area contributed by atoms with Gasteiger partial charge in [0, 0.05) is 12.5 Å². The van der Waals surface area contributed by atoms with Crippen LogP contribution in [-0.4, -0.2) is 24.9 Å². The fourth-order valence-corrected chi connectivity index (χ4v) is 2.38. The lowest BCUT2D eigenvalue weighted by Gasteiger charge is -2.30. The van der Waals surface area contributed by atoms with Gasteiger partial charge in [-0.05, 0) is 45.1 Å². The van der Waals surface area contributed by atoms with Crippen LogP contribution in [0.25, 0.3) is 0 Å². The molecule has 19 heavy (non-hydrogen) atoms. The molecule has 114 valence electrons. The highest BCUT2D eigenvalue weighted by Gasteiger charge is 2.41. The van der Waals surface area contributed by atoms with Gasteiger partial charge in [0.05, 0.1) is 5.92 Å². The maximum atomic E-state index is 12.4. The van der Waals surface area contributed by atoms with E-state index in [1.54, 1.807) is 0 Å². The second-order valence-electron chi connectivity index (χ2n) is 5.12. The van der Waals surface area contributed by atoms with Gasteiger partial charge in [0.2, 0.25) is 0 Å². The van der Waals surface area contributed by atoms with Crippen LogP contribution in [-0.2, 0) is 0 Å². The average molecular weight is 291 g/mol. The molecule has 0 radical (unpaired) electrons. The number of hydrogen-bond acceptors (Lipinski definition) is 1. The Hall–Kier alpha value is -0.460. The molecule has 1 aliphatic carbocycles. The molecule has 0 atom stereocenters. The molecular formula is C12H19F6N. The Kier molecular flexibility index (Phi) is 5.95. The topological polar surface area (TPSA) is 12.0 Å². The second kappa shape index (κ2) is 6.81. The van der Waals surface area contributed by atoms with Crippen molar-refractivity contribution in [3.63, 3.8) is 0 Å². The van der Waals surface area contributed by atoms with Crippen LogP contribution in [0.1, 0.15) is 44.9 Å². The van der Waals surface area contributed by atoms with E-state index in [1.807, 2.05) is 0 Å². The molecule has 0 unspecified atom stereocenters. The van der Waals surface area contributed by atoms with Crippen LogP contribution in [0.3, 0.4) is 0 Å². The molecule has 1 fully saturated rings. The van der Waals surface area contributed by atoms with Crippen LogP contribution in [0, 0.1) is 5.92 Å². The molecule has 1 N–H and O–H groups in total. The third-order valence-corrected chi connectivity index (χ3v) is 3.51. The zero-order valence-electron chi connectivity index (χ0n) is 10.6. The highest BCUT2D eigenvalue weighted by molar-refractivity contribution is 4.80. The van der Waals surface area contributed by atoms with Crippen molar-refractivity contribution in [3.05, 3.63) is 0 Å². The summed E-state index contributed by atoms with van der Waals surface area (Å²) < 4.78 is 72.8. The third kappa shape index (κ3) is 7.03. The van der Waals surface area contributed by atoms with E-state index in [1.165, 1.54) is 0 Å². The normalized spacial score (nSPS) is 25.6. The highest BCUT2D eigenvalue weighted by Crippen LogP contribution is 2.37. The summed E-state index contributed by atoms with van der Waals surface area (Å²) in [6, 6.07) is 0.0180. The Bertz CT molecular complexity index is 252. The maximum Gasteiger partial charge on any atom is 0.391 e. The van der Waals surface area contributed by atoms with Crippen LogP contribution < -0.4 is 5.32 Å².